The Morgan fingerprint density at radius 1 is 0.486 bits per heavy atom. The van der Waals surface area contributed by atoms with Gasteiger partial charge in [0.25, 0.3) is 7.82 Å². The van der Waals surface area contributed by atoms with Crippen LogP contribution < -0.4 is 10.2 Å². The molecule has 0 rings (SSSR count). The van der Waals surface area contributed by atoms with E-state index in [1.165, 1.54) is 212 Å². The molecule has 3 atom stereocenters. The Balaban J connectivity index is 4.12. The molecule has 0 spiro atoms. The number of unbranched alkanes of at least 4 members (excludes halogenated alkanes) is 37. The number of phosphoric acid groups is 1. The first kappa shape index (κ1) is 72.2. The Labute approximate surface area is 460 Å². The van der Waals surface area contributed by atoms with Gasteiger partial charge in [-0.15, -0.1) is 0 Å². The minimum atomic E-state index is -4.60. The molecule has 0 saturated carbocycles. The first-order valence-corrected chi connectivity index (χ1v) is 33.1. The van der Waals surface area contributed by atoms with Crippen LogP contribution in [0.2, 0.25) is 0 Å². The van der Waals surface area contributed by atoms with Crippen LogP contribution in [0, 0.1) is 0 Å². The molecule has 0 bridgehead atoms. The molecule has 0 aromatic rings. The Morgan fingerprint density at radius 2 is 0.824 bits per heavy atom. The van der Waals surface area contributed by atoms with E-state index >= 15 is 0 Å². The quantitative estimate of drug-likeness (QED) is 0.0272. The van der Waals surface area contributed by atoms with Crippen LogP contribution in [0.3, 0.4) is 0 Å². The number of quaternary nitrogens is 1. The smallest absolute Gasteiger partial charge is 0.268 e. The lowest BCUT2D eigenvalue weighted by Crippen LogP contribution is -2.45. The molecule has 0 heterocycles. The third-order valence-corrected chi connectivity index (χ3v) is 15.2. The van der Waals surface area contributed by atoms with Crippen LogP contribution in [0.5, 0.6) is 0 Å². The van der Waals surface area contributed by atoms with Gasteiger partial charge in [-0.05, 0) is 57.8 Å². The SMILES string of the molecule is CC/C=C\C/C=C\C/C=C\C/C=C\CCCCCCCCCCCCCCCCCCC(=O)NC(COP(=O)([O-])OCC[N+](C)(C)C)C(O)/C=C/CCCCCCCCCCCCCCCCCCCCCCC. The molecule has 0 saturated heterocycles. The van der Waals surface area contributed by atoms with E-state index in [-0.39, 0.29) is 19.1 Å². The highest BCUT2D eigenvalue weighted by atomic mass is 31.2. The third kappa shape index (κ3) is 57.9. The summed E-state index contributed by atoms with van der Waals surface area (Å²) in [5, 5.41) is 13.9. The molecule has 0 aliphatic heterocycles. The molecular formula is C65H123N2O6P. The fourth-order valence-electron chi connectivity index (χ4n) is 9.32. The van der Waals surface area contributed by atoms with Crippen molar-refractivity contribution < 1.29 is 32.9 Å². The van der Waals surface area contributed by atoms with Gasteiger partial charge in [0.15, 0.2) is 0 Å². The number of carbonyl (C=O) groups is 1. The maximum absolute atomic E-state index is 13.0. The van der Waals surface area contributed by atoms with E-state index in [2.05, 4.69) is 67.8 Å². The number of nitrogens with zero attached hydrogens (tertiary/aromatic N) is 1. The van der Waals surface area contributed by atoms with Gasteiger partial charge in [0.2, 0.25) is 5.91 Å². The second-order valence-corrected chi connectivity index (χ2v) is 24.1. The van der Waals surface area contributed by atoms with Crippen LogP contribution >= 0.6 is 7.82 Å². The van der Waals surface area contributed by atoms with Gasteiger partial charge in [-0.2, -0.15) is 0 Å². The minimum absolute atomic E-state index is 0.00113. The van der Waals surface area contributed by atoms with Crippen LogP contribution in [0.1, 0.15) is 296 Å². The number of carbonyl (C=O) groups excluding carboxylic acids is 1. The molecular weight excluding hydrogens is 936 g/mol. The molecule has 0 aromatic heterocycles. The van der Waals surface area contributed by atoms with E-state index < -0.39 is 20.0 Å². The van der Waals surface area contributed by atoms with E-state index in [1.54, 1.807) is 6.08 Å². The number of rotatable bonds is 58. The lowest BCUT2D eigenvalue weighted by atomic mass is 10.0. The van der Waals surface area contributed by atoms with Gasteiger partial charge in [-0.3, -0.25) is 9.36 Å². The third-order valence-electron chi connectivity index (χ3n) is 14.2. The minimum Gasteiger partial charge on any atom is -0.756 e. The summed E-state index contributed by atoms with van der Waals surface area (Å²) < 4.78 is 23.4. The van der Waals surface area contributed by atoms with Gasteiger partial charge < -0.3 is 28.8 Å². The fourth-order valence-corrected chi connectivity index (χ4v) is 10.0. The molecule has 9 heteroatoms. The summed E-state index contributed by atoms with van der Waals surface area (Å²) in [6.45, 7) is 4.57. The fraction of sp³-hybridized carbons (Fsp3) is 0.831. The highest BCUT2D eigenvalue weighted by Gasteiger charge is 2.23. The van der Waals surface area contributed by atoms with Crippen molar-refractivity contribution in [3.63, 3.8) is 0 Å². The van der Waals surface area contributed by atoms with Crippen molar-refractivity contribution in [1.29, 1.82) is 0 Å². The lowest BCUT2D eigenvalue weighted by molar-refractivity contribution is -0.870. The molecule has 74 heavy (non-hydrogen) atoms. The normalized spacial score (nSPS) is 14.2. The van der Waals surface area contributed by atoms with Gasteiger partial charge in [0.1, 0.15) is 13.2 Å². The Morgan fingerprint density at radius 3 is 1.20 bits per heavy atom. The molecule has 2 N–H and O–H groups in total. The van der Waals surface area contributed by atoms with Gasteiger partial charge in [-0.25, -0.2) is 0 Å². The van der Waals surface area contributed by atoms with Crippen molar-refractivity contribution in [2.45, 2.75) is 309 Å². The van der Waals surface area contributed by atoms with E-state index in [4.69, 9.17) is 9.05 Å². The van der Waals surface area contributed by atoms with Gasteiger partial charge in [-0.1, -0.05) is 293 Å². The number of likely N-dealkylation sites (N-methyl/N-ethyl adjacent to an activating group) is 1. The zero-order chi connectivity index (χ0) is 54.2. The Bertz CT molecular complexity index is 1390. The molecule has 0 radical (unpaired) electrons. The average Bonchev–Trinajstić information content (AvgIpc) is 3.36. The van der Waals surface area contributed by atoms with Crippen LogP contribution in [0.25, 0.3) is 0 Å². The van der Waals surface area contributed by atoms with E-state index in [9.17, 15) is 19.4 Å². The second kappa shape index (κ2) is 55.9. The molecule has 8 nitrogen and oxygen atoms in total. The summed E-state index contributed by atoms with van der Waals surface area (Å²) in [6.07, 6.45) is 76.0. The molecule has 3 unspecified atom stereocenters. The second-order valence-electron chi connectivity index (χ2n) is 22.7. The number of aliphatic hydroxyl groups excluding tert-OH is 1. The summed E-state index contributed by atoms with van der Waals surface area (Å²) in [6, 6.07) is -0.889. The Kier molecular flexibility index (Phi) is 54.6. The zero-order valence-electron chi connectivity index (χ0n) is 49.5. The van der Waals surface area contributed by atoms with Crippen LogP contribution in [0.15, 0.2) is 60.8 Å². The van der Waals surface area contributed by atoms with Gasteiger partial charge in [0, 0.05) is 6.42 Å². The highest BCUT2D eigenvalue weighted by Crippen LogP contribution is 2.38. The van der Waals surface area contributed by atoms with Crippen molar-refractivity contribution >= 4 is 13.7 Å². The lowest BCUT2D eigenvalue weighted by Gasteiger charge is -2.29. The van der Waals surface area contributed by atoms with Crippen molar-refractivity contribution in [2.75, 3.05) is 40.9 Å². The summed E-state index contributed by atoms with van der Waals surface area (Å²) in [5.41, 5.74) is 0. The number of allylic oxidation sites excluding steroid dienone is 9. The zero-order valence-corrected chi connectivity index (χ0v) is 50.4. The number of aliphatic hydroxyl groups is 1. The maximum Gasteiger partial charge on any atom is 0.268 e. The number of amides is 1. The summed E-state index contributed by atoms with van der Waals surface area (Å²) in [7, 11) is 1.27. The van der Waals surface area contributed by atoms with E-state index in [0.29, 0.717) is 17.4 Å². The van der Waals surface area contributed by atoms with Crippen LogP contribution in [-0.2, 0) is 18.4 Å². The summed E-state index contributed by atoms with van der Waals surface area (Å²) in [5.74, 6) is -0.195. The molecule has 434 valence electrons. The standard InChI is InChI=1S/C65H123N2O6P/c1-6-8-10-12-14-16-18-20-22-24-26-28-30-31-32-33-34-35-37-39-41-43-45-47-49-51-53-55-57-59-65(69)66-63(62-73-74(70,71)72-61-60-67(3,4)5)64(68)58-56-54-52-50-48-46-44-42-40-38-36-29-27-25-23-21-19-17-15-13-11-9-7-2/h8,10,14,16,20,22,26,28,56,58,63-64,68H,6-7,9,11-13,15,17-19,21,23-25,27,29-55,57,59-62H2,1-5H3,(H-,66,69,70,71)/b10-8-,16-14-,22-20-,28-26-,58-56+. The molecule has 0 aliphatic carbocycles. The topological polar surface area (TPSA) is 108 Å². The van der Waals surface area contributed by atoms with Crippen LogP contribution in [0.4, 0.5) is 0 Å². The monoisotopic (exact) mass is 1060 g/mol. The first-order valence-electron chi connectivity index (χ1n) is 31.7. The number of hydrogen-bond acceptors (Lipinski definition) is 6. The van der Waals surface area contributed by atoms with Crippen LogP contribution in [-0.4, -0.2) is 68.5 Å². The van der Waals surface area contributed by atoms with Crippen molar-refractivity contribution in [2.24, 2.45) is 0 Å². The number of hydrogen-bond donors (Lipinski definition) is 2. The molecule has 1 amide bonds. The van der Waals surface area contributed by atoms with Crippen molar-refractivity contribution in [1.82, 2.24) is 5.32 Å². The number of nitrogens with one attached hydrogen (secondary N) is 1. The maximum atomic E-state index is 13.0. The van der Waals surface area contributed by atoms with Gasteiger partial charge in [0.05, 0.1) is 39.9 Å². The Hall–Kier alpha value is -1.80. The molecule has 0 fully saturated rings. The molecule has 0 aromatic carbocycles. The predicted molar refractivity (Wildman–Crippen MR) is 321 cm³/mol. The molecule has 0 aliphatic rings. The van der Waals surface area contributed by atoms with E-state index in [1.807, 2.05) is 27.2 Å². The predicted octanol–water partition coefficient (Wildman–Crippen LogP) is 19.0. The first-order chi connectivity index (χ1) is 36.0. The highest BCUT2D eigenvalue weighted by molar-refractivity contribution is 7.45. The van der Waals surface area contributed by atoms with Crippen molar-refractivity contribution in [3.05, 3.63) is 60.8 Å². The largest absolute Gasteiger partial charge is 0.756 e. The summed E-state index contributed by atoms with van der Waals surface area (Å²) >= 11 is 0. The summed E-state index contributed by atoms with van der Waals surface area (Å²) in [4.78, 5) is 25.6. The van der Waals surface area contributed by atoms with Crippen molar-refractivity contribution in [3.8, 4) is 0 Å². The van der Waals surface area contributed by atoms with E-state index in [0.717, 1.165) is 64.2 Å². The number of phosphoric ester groups is 1. The van der Waals surface area contributed by atoms with Gasteiger partial charge >= 0.3 is 0 Å². The average molecular weight is 1060 g/mol.